The maximum atomic E-state index is 13.7. The van der Waals surface area contributed by atoms with Crippen molar-refractivity contribution in [2.75, 3.05) is 43.2 Å². The molecule has 0 aliphatic carbocycles. The summed E-state index contributed by atoms with van der Waals surface area (Å²) >= 11 is 0. The summed E-state index contributed by atoms with van der Waals surface area (Å²) in [5.74, 6) is -1.75. The molecule has 324 valence electrons. The second-order valence-corrected chi connectivity index (χ2v) is 13.8. The molecule has 0 saturated carbocycles. The molecule has 0 aliphatic heterocycles. The Morgan fingerprint density at radius 2 is 1.21 bits per heavy atom. The van der Waals surface area contributed by atoms with Crippen molar-refractivity contribution in [3.8, 4) is 11.5 Å². The normalized spacial score (nSPS) is 12.5. The number of imidazole rings is 2. The smallest absolute Gasteiger partial charge is 0.276 e. The Balaban J connectivity index is 1.62. The number of methoxy groups -OCH3 is 1. The van der Waals surface area contributed by atoms with Gasteiger partial charge in [0.2, 0.25) is 23.7 Å². The van der Waals surface area contributed by atoms with E-state index in [0.29, 0.717) is 46.6 Å². The molecule has 0 saturated heterocycles. The van der Waals surface area contributed by atoms with Crippen LogP contribution < -0.4 is 48.4 Å². The lowest BCUT2D eigenvalue weighted by Gasteiger charge is -2.14. The van der Waals surface area contributed by atoms with Crippen LogP contribution in [0.5, 0.6) is 11.5 Å². The van der Waals surface area contributed by atoms with Crippen LogP contribution >= 0.6 is 0 Å². The molecule has 0 atom stereocenters. The molecular weight excluding hydrogens is 795 g/mol. The number of aliphatic imine (C=N–C) groups is 2. The number of benzene rings is 3. The van der Waals surface area contributed by atoms with Crippen LogP contribution in [0.4, 0.5) is 17.6 Å². The maximum Gasteiger partial charge on any atom is 0.276 e. The Morgan fingerprint density at radius 3 is 1.65 bits per heavy atom. The highest BCUT2D eigenvalue weighted by molar-refractivity contribution is 6.47. The van der Waals surface area contributed by atoms with Gasteiger partial charge < -0.3 is 46.9 Å². The molecule has 2 aromatic heterocycles. The molecule has 62 heavy (non-hydrogen) atoms. The van der Waals surface area contributed by atoms with Crippen LogP contribution in [0, 0.1) is 0 Å². The first-order chi connectivity index (χ1) is 29.7. The number of aromatic nitrogens is 4. The van der Waals surface area contributed by atoms with Gasteiger partial charge in [-0.25, -0.2) is 9.97 Å². The molecule has 2 heterocycles. The molecule has 0 bridgehead atoms. The number of carbonyl (C=O) groups excluding carboxylic acids is 4. The van der Waals surface area contributed by atoms with Gasteiger partial charge in [-0.1, -0.05) is 24.3 Å². The summed E-state index contributed by atoms with van der Waals surface area (Å²) in [7, 11) is 3.25. The highest BCUT2D eigenvalue weighted by Crippen LogP contribution is 2.33. The lowest BCUT2D eigenvalue weighted by molar-refractivity contribution is -0.111. The maximum absolute atomic E-state index is 13.7. The average Bonchev–Trinajstić information content (AvgIpc) is 3.76. The zero-order chi connectivity index (χ0) is 45.1. The van der Waals surface area contributed by atoms with Crippen molar-refractivity contribution < 1.29 is 28.7 Å². The van der Waals surface area contributed by atoms with E-state index in [-0.39, 0.29) is 65.6 Å². The van der Waals surface area contributed by atoms with Crippen LogP contribution in [0.3, 0.4) is 0 Å². The number of anilines is 3. The van der Waals surface area contributed by atoms with E-state index in [2.05, 4.69) is 30.9 Å². The Bertz CT molecular complexity index is 2680. The van der Waals surface area contributed by atoms with Gasteiger partial charge in [-0.3, -0.25) is 39.8 Å². The van der Waals surface area contributed by atoms with Crippen LogP contribution in [0.1, 0.15) is 54.0 Å². The first-order valence-corrected chi connectivity index (χ1v) is 19.5. The molecule has 0 fully saturated rings. The molecule has 19 heteroatoms. The largest absolute Gasteiger partial charge is 0.494 e. The van der Waals surface area contributed by atoms with Crippen LogP contribution in [0.15, 0.2) is 94.2 Å². The Labute approximate surface area is 357 Å². The van der Waals surface area contributed by atoms with E-state index in [4.69, 9.17) is 37.4 Å². The van der Waals surface area contributed by atoms with E-state index in [9.17, 15) is 19.2 Å². The van der Waals surface area contributed by atoms with Crippen LogP contribution in [-0.2, 0) is 29.3 Å². The zero-order valence-electron chi connectivity index (χ0n) is 35.4. The number of hydrogen-bond acceptors (Lipinski definition) is 13. The number of nitrogens with zero attached hydrogens (tertiary/aromatic N) is 6. The summed E-state index contributed by atoms with van der Waals surface area (Å²) in [4.78, 5) is 69.9. The molecule has 4 amide bonds. The summed E-state index contributed by atoms with van der Waals surface area (Å²) in [6, 6.07) is 13.7. The number of primary amides is 2. The molecular formula is C43H51N13O6. The van der Waals surface area contributed by atoms with Gasteiger partial charge in [-0.05, 0) is 81.8 Å². The highest BCUT2D eigenvalue weighted by atomic mass is 16.5. The van der Waals surface area contributed by atoms with Gasteiger partial charge in [-0.15, -0.1) is 0 Å². The van der Waals surface area contributed by atoms with E-state index >= 15 is 0 Å². The standard InChI is InChI=1S/C43H51N13O6/c1-7-49-32(16-24(3)44)40(59)53-42-51-30-19-27(38(46)57)21-34(61-6)36(30)55(42)14-9-10-15-56-37-31(52-43(56)54-41(60)33(50-8-2)17-25(4)45)20-28(39(47)58)22-35(37)62-23-26-12-11-13-29(18-26)48-5/h9-13,16-22,48H,7-8,14-15,23,44-45H2,1-6H3,(H2,46,57)(H2,47,58)(H,51,53,59)(H,52,54,60)/b10-9+,24-16-,25-17-,49-32?,50-33?. The van der Waals surface area contributed by atoms with Gasteiger partial charge in [0.15, 0.2) is 0 Å². The van der Waals surface area contributed by atoms with Crippen molar-refractivity contribution in [2.24, 2.45) is 32.9 Å². The lowest BCUT2D eigenvalue weighted by atomic mass is 10.1. The molecule has 11 N–H and O–H groups in total. The minimum absolute atomic E-state index is 0.0830. The van der Waals surface area contributed by atoms with Crippen molar-refractivity contribution >= 4 is 74.7 Å². The molecule has 0 unspecified atom stereocenters. The average molecular weight is 846 g/mol. The minimum atomic E-state index is -0.703. The fourth-order valence-corrected chi connectivity index (χ4v) is 6.36. The number of nitrogens with two attached hydrogens (primary N) is 4. The van der Waals surface area contributed by atoms with Crippen LogP contribution in [0.25, 0.3) is 22.1 Å². The summed E-state index contributed by atoms with van der Waals surface area (Å²) in [5.41, 5.74) is 27.7. The van der Waals surface area contributed by atoms with Gasteiger partial charge in [0.05, 0.1) is 18.1 Å². The fourth-order valence-electron chi connectivity index (χ4n) is 6.36. The Hall–Kier alpha value is -7.96. The lowest BCUT2D eigenvalue weighted by Crippen LogP contribution is -2.24. The van der Waals surface area contributed by atoms with E-state index in [0.717, 1.165) is 11.3 Å². The summed E-state index contributed by atoms with van der Waals surface area (Å²) in [5, 5.41) is 8.78. The summed E-state index contributed by atoms with van der Waals surface area (Å²) < 4.78 is 15.4. The van der Waals surface area contributed by atoms with Crippen LogP contribution in [0.2, 0.25) is 0 Å². The van der Waals surface area contributed by atoms with E-state index in [1.807, 2.05) is 31.3 Å². The second-order valence-electron chi connectivity index (χ2n) is 13.8. The molecule has 0 radical (unpaired) electrons. The van der Waals surface area contributed by atoms with Crippen molar-refractivity contribution in [1.82, 2.24) is 19.1 Å². The monoisotopic (exact) mass is 845 g/mol. The van der Waals surface area contributed by atoms with Crippen molar-refractivity contribution in [1.29, 1.82) is 0 Å². The number of hydrogen-bond donors (Lipinski definition) is 7. The first kappa shape index (κ1) is 45.1. The van der Waals surface area contributed by atoms with Gasteiger partial charge in [0.1, 0.15) is 40.6 Å². The van der Waals surface area contributed by atoms with Crippen molar-refractivity contribution in [3.05, 3.63) is 101 Å². The summed E-state index contributed by atoms with van der Waals surface area (Å²) in [6.45, 7) is 7.83. The van der Waals surface area contributed by atoms with Gasteiger partial charge >= 0.3 is 0 Å². The van der Waals surface area contributed by atoms with Gasteiger partial charge in [-0.2, -0.15) is 0 Å². The molecule has 19 nitrogen and oxygen atoms in total. The van der Waals surface area contributed by atoms with Crippen molar-refractivity contribution in [3.63, 3.8) is 0 Å². The highest BCUT2D eigenvalue weighted by Gasteiger charge is 2.23. The molecule has 5 rings (SSSR count). The van der Waals surface area contributed by atoms with Gasteiger partial charge in [0, 0.05) is 61.4 Å². The Kier molecular flexibility index (Phi) is 14.8. The van der Waals surface area contributed by atoms with Gasteiger partial charge in [0.25, 0.3) is 11.8 Å². The number of allylic oxidation sites excluding steroid dienone is 4. The number of rotatable bonds is 19. The molecule has 0 spiro atoms. The second kappa shape index (κ2) is 20.3. The zero-order valence-corrected chi connectivity index (χ0v) is 35.4. The third-order valence-electron chi connectivity index (χ3n) is 9.06. The number of amides is 4. The Morgan fingerprint density at radius 1 is 0.726 bits per heavy atom. The number of nitrogens with one attached hydrogen (secondary N) is 3. The number of ether oxygens (including phenoxy) is 2. The third-order valence-corrected chi connectivity index (χ3v) is 9.06. The van der Waals surface area contributed by atoms with Crippen molar-refractivity contribution in [2.45, 2.75) is 47.4 Å². The SMILES string of the molecule is CCN=C(/C=C(/C)N)C(=O)Nc1nc2cc(C(N)=O)cc(OC)c2n1C/C=C/Cn1c(NC(=O)C(/C=C(/C)N)=NCC)nc2cc(C(N)=O)cc(OCc3cccc(NC)c3)c21. The minimum Gasteiger partial charge on any atom is -0.494 e. The third kappa shape index (κ3) is 10.8. The van der Waals surface area contributed by atoms with E-state index < -0.39 is 23.6 Å². The molecule has 3 aromatic carbocycles. The predicted octanol–water partition coefficient (Wildman–Crippen LogP) is 3.99. The van der Waals surface area contributed by atoms with Crippen LogP contribution in [-0.4, -0.2) is 81.4 Å². The quantitative estimate of drug-likeness (QED) is 0.0461. The topological polar surface area (TPSA) is 287 Å². The molecule has 5 aromatic rings. The summed E-state index contributed by atoms with van der Waals surface area (Å²) in [6.07, 6.45) is 6.52. The number of fused-ring (bicyclic) bond motifs is 2. The number of carbonyl (C=O) groups is 4. The first-order valence-electron chi connectivity index (χ1n) is 19.5. The van der Waals surface area contributed by atoms with E-state index in [1.165, 1.54) is 43.5 Å². The fraction of sp³-hybridized carbons (Fsp3) is 0.256. The molecule has 0 aliphatic rings. The van der Waals surface area contributed by atoms with E-state index in [1.54, 1.807) is 49.0 Å². The predicted molar refractivity (Wildman–Crippen MR) is 242 cm³/mol.